The van der Waals surface area contributed by atoms with Crippen LogP contribution in [0.2, 0.25) is 0 Å². The van der Waals surface area contributed by atoms with Crippen LogP contribution in [0.5, 0.6) is 0 Å². The van der Waals surface area contributed by atoms with Crippen molar-refractivity contribution < 1.29 is 9.18 Å². The van der Waals surface area contributed by atoms with E-state index in [-0.39, 0.29) is 17.8 Å². The van der Waals surface area contributed by atoms with Crippen molar-refractivity contribution >= 4 is 21.7 Å². The van der Waals surface area contributed by atoms with Crippen LogP contribution in [0.3, 0.4) is 0 Å². The molecule has 20 heavy (non-hydrogen) atoms. The molecule has 2 rings (SSSR count). The van der Waals surface area contributed by atoms with E-state index in [0.717, 1.165) is 6.42 Å². The minimum Gasteiger partial charge on any atom is -0.294 e. The Balaban J connectivity index is 2.13. The van der Waals surface area contributed by atoms with Crippen molar-refractivity contribution in [2.45, 2.75) is 32.7 Å². The molecule has 0 radical (unpaired) electrons. The maximum absolute atomic E-state index is 13.7. The molecule has 0 fully saturated rings. The van der Waals surface area contributed by atoms with Gasteiger partial charge in [-0.1, -0.05) is 22.9 Å². The monoisotopic (exact) mass is 338 g/mol. The fraction of sp³-hybridized carbons (Fsp3) is 0.333. The summed E-state index contributed by atoms with van der Waals surface area (Å²) in [5, 5.41) is 4.36. The molecule has 1 aromatic carbocycles. The Labute approximate surface area is 125 Å². The van der Waals surface area contributed by atoms with E-state index in [1.165, 1.54) is 12.1 Å². The van der Waals surface area contributed by atoms with E-state index in [4.69, 9.17) is 0 Å². The van der Waals surface area contributed by atoms with Gasteiger partial charge in [0.15, 0.2) is 5.78 Å². The Hall–Kier alpha value is -1.49. The summed E-state index contributed by atoms with van der Waals surface area (Å²) < 4.78 is 16.2. The van der Waals surface area contributed by atoms with E-state index in [0.29, 0.717) is 16.2 Å². The highest BCUT2D eigenvalue weighted by atomic mass is 79.9. The van der Waals surface area contributed by atoms with Gasteiger partial charge < -0.3 is 0 Å². The van der Waals surface area contributed by atoms with Crippen LogP contribution in [0.25, 0.3) is 0 Å². The first-order chi connectivity index (χ1) is 9.51. The molecule has 0 aliphatic rings. The van der Waals surface area contributed by atoms with Crippen molar-refractivity contribution in [3.8, 4) is 0 Å². The van der Waals surface area contributed by atoms with E-state index in [9.17, 15) is 9.18 Å². The smallest absolute Gasteiger partial charge is 0.171 e. The molecule has 1 aromatic heterocycles. The molecule has 0 N–H and O–H groups in total. The molecule has 3 nitrogen and oxygen atoms in total. The lowest BCUT2D eigenvalue weighted by Gasteiger charge is -2.08. The molecule has 1 atom stereocenters. The second kappa shape index (κ2) is 6.31. The van der Waals surface area contributed by atoms with Crippen molar-refractivity contribution in [3.63, 3.8) is 0 Å². The van der Waals surface area contributed by atoms with Crippen LogP contribution < -0.4 is 0 Å². The van der Waals surface area contributed by atoms with Crippen molar-refractivity contribution in [2.75, 3.05) is 0 Å². The molecule has 2 aromatic rings. The third kappa shape index (κ3) is 3.33. The molecular formula is C15H16BrFN2O. The number of ketones is 1. The zero-order valence-corrected chi connectivity index (χ0v) is 13.0. The lowest BCUT2D eigenvalue weighted by molar-refractivity contribution is 0.0988. The number of carbonyl (C=O) groups is 1. The minimum atomic E-state index is -0.509. The number of aromatic nitrogens is 2. The third-order valence-electron chi connectivity index (χ3n) is 3.28. The van der Waals surface area contributed by atoms with E-state index in [1.807, 2.05) is 10.9 Å². The van der Waals surface area contributed by atoms with Crippen molar-refractivity contribution in [2.24, 2.45) is 0 Å². The van der Waals surface area contributed by atoms with Gasteiger partial charge in [0.1, 0.15) is 5.82 Å². The number of nitrogens with zero attached hydrogens (tertiary/aromatic N) is 2. The maximum Gasteiger partial charge on any atom is 0.171 e. The fourth-order valence-corrected chi connectivity index (χ4v) is 2.21. The normalized spacial score (nSPS) is 12.4. The maximum atomic E-state index is 13.7. The van der Waals surface area contributed by atoms with E-state index in [1.54, 1.807) is 12.1 Å². The van der Waals surface area contributed by atoms with Crippen LogP contribution >= 0.6 is 15.9 Å². The summed E-state index contributed by atoms with van der Waals surface area (Å²) >= 11 is 3.17. The average molecular weight is 339 g/mol. The van der Waals surface area contributed by atoms with Crippen LogP contribution in [0.4, 0.5) is 4.39 Å². The van der Waals surface area contributed by atoms with Gasteiger partial charge in [-0.15, -0.1) is 0 Å². The second-order valence-corrected chi connectivity index (χ2v) is 5.68. The van der Waals surface area contributed by atoms with Gasteiger partial charge in [-0.3, -0.25) is 9.48 Å². The van der Waals surface area contributed by atoms with Crippen molar-refractivity contribution in [1.82, 2.24) is 9.78 Å². The summed E-state index contributed by atoms with van der Waals surface area (Å²) in [4.78, 5) is 12.1. The number of Topliss-reactive ketones (excluding diaryl/α,β-unsaturated/α-hetero) is 1. The van der Waals surface area contributed by atoms with E-state index >= 15 is 0 Å². The first-order valence-electron chi connectivity index (χ1n) is 6.53. The van der Waals surface area contributed by atoms with Gasteiger partial charge in [0.2, 0.25) is 0 Å². The second-order valence-electron chi connectivity index (χ2n) is 4.77. The van der Waals surface area contributed by atoms with Gasteiger partial charge in [-0.2, -0.15) is 5.10 Å². The molecule has 5 heteroatoms. The molecule has 0 amide bonds. The van der Waals surface area contributed by atoms with Crippen LogP contribution in [0.15, 0.2) is 34.9 Å². The minimum absolute atomic E-state index is 0.103. The molecule has 1 heterocycles. The summed E-state index contributed by atoms with van der Waals surface area (Å²) in [6.45, 7) is 4.14. The molecule has 0 saturated carbocycles. The number of hydrogen-bond donors (Lipinski definition) is 0. The first kappa shape index (κ1) is 14.9. The quantitative estimate of drug-likeness (QED) is 0.766. The van der Waals surface area contributed by atoms with E-state index < -0.39 is 5.82 Å². The summed E-state index contributed by atoms with van der Waals surface area (Å²) in [6, 6.07) is 6.55. The first-order valence-corrected chi connectivity index (χ1v) is 7.32. The predicted octanol–water partition coefficient (Wildman–Crippen LogP) is 4.18. The average Bonchev–Trinajstić information content (AvgIpc) is 2.86. The Bertz CT molecular complexity index is 624. The molecule has 0 aliphatic carbocycles. The zero-order chi connectivity index (χ0) is 14.7. The Morgan fingerprint density at radius 3 is 2.85 bits per heavy atom. The number of carbonyl (C=O) groups excluding carboxylic acids is 1. The molecule has 0 aliphatic heterocycles. The number of hydrogen-bond acceptors (Lipinski definition) is 2. The van der Waals surface area contributed by atoms with Gasteiger partial charge >= 0.3 is 0 Å². The van der Waals surface area contributed by atoms with Crippen LogP contribution in [-0.2, 0) is 6.42 Å². The molecule has 106 valence electrons. The number of benzene rings is 1. The lowest BCUT2D eigenvalue weighted by Crippen LogP contribution is -2.09. The SMILES string of the molecule is CCC(C)n1ccc(CC(=O)c2ccc(Br)cc2F)n1. The molecule has 0 bridgehead atoms. The predicted molar refractivity (Wildman–Crippen MR) is 79.4 cm³/mol. The van der Waals surface area contributed by atoms with Crippen LogP contribution in [0, 0.1) is 5.82 Å². The van der Waals surface area contributed by atoms with Gasteiger partial charge in [-0.25, -0.2) is 4.39 Å². The van der Waals surface area contributed by atoms with E-state index in [2.05, 4.69) is 34.9 Å². The van der Waals surface area contributed by atoms with Crippen LogP contribution in [0.1, 0.15) is 42.4 Å². The summed E-state index contributed by atoms with van der Waals surface area (Å²) in [6.07, 6.45) is 2.94. The highest BCUT2D eigenvalue weighted by Gasteiger charge is 2.14. The number of halogens is 2. The zero-order valence-electron chi connectivity index (χ0n) is 11.4. The Kier molecular flexibility index (Phi) is 4.70. The van der Waals surface area contributed by atoms with Gasteiger partial charge in [0.25, 0.3) is 0 Å². The van der Waals surface area contributed by atoms with Crippen molar-refractivity contribution in [1.29, 1.82) is 0 Å². The standard InChI is InChI=1S/C15H16BrFN2O/c1-3-10(2)19-7-6-12(18-19)9-15(20)13-5-4-11(16)8-14(13)17/h4-8,10H,3,9H2,1-2H3. The summed E-state index contributed by atoms with van der Waals surface area (Å²) in [5.41, 5.74) is 0.768. The lowest BCUT2D eigenvalue weighted by atomic mass is 10.1. The molecule has 1 unspecified atom stereocenters. The molecule has 0 spiro atoms. The largest absolute Gasteiger partial charge is 0.294 e. The topological polar surface area (TPSA) is 34.9 Å². The van der Waals surface area contributed by atoms with Crippen molar-refractivity contribution in [3.05, 3.63) is 52.0 Å². The van der Waals surface area contributed by atoms with Crippen LogP contribution in [-0.4, -0.2) is 15.6 Å². The van der Waals surface area contributed by atoms with Gasteiger partial charge in [0.05, 0.1) is 17.7 Å². The van der Waals surface area contributed by atoms with Gasteiger partial charge in [0, 0.05) is 16.7 Å². The highest BCUT2D eigenvalue weighted by molar-refractivity contribution is 9.10. The van der Waals surface area contributed by atoms with Gasteiger partial charge in [-0.05, 0) is 37.6 Å². The number of rotatable bonds is 5. The Morgan fingerprint density at radius 2 is 2.20 bits per heavy atom. The summed E-state index contributed by atoms with van der Waals surface area (Å²) in [5.74, 6) is -0.768. The Morgan fingerprint density at radius 1 is 1.45 bits per heavy atom. The summed E-state index contributed by atoms with van der Waals surface area (Å²) in [7, 11) is 0. The molecular weight excluding hydrogens is 323 g/mol. The fourth-order valence-electron chi connectivity index (χ4n) is 1.88. The highest BCUT2D eigenvalue weighted by Crippen LogP contribution is 2.17. The molecule has 0 saturated heterocycles. The third-order valence-corrected chi connectivity index (χ3v) is 3.77.